The highest BCUT2D eigenvalue weighted by Crippen LogP contribution is 2.29. The van der Waals surface area contributed by atoms with Crippen molar-refractivity contribution in [1.29, 1.82) is 0 Å². The highest BCUT2D eigenvalue weighted by molar-refractivity contribution is 6.12. The van der Waals surface area contributed by atoms with Crippen LogP contribution in [0.1, 0.15) is 24.5 Å². The van der Waals surface area contributed by atoms with Crippen LogP contribution in [0, 0.1) is 0 Å². The molecule has 5 amide bonds. The molecule has 0 aliphatic carbocycles. The minimum atomic E-state index is -1.07. The fourth-order valence-corrected chi connectivity index (χ4v) is 3.08. The Morgan fingerprint density at radius 1 is 0.966 bits per heavy atom. The number of amides is 5. The van der Waals surface area contributed by atoms with Gasteiger partial charge >= 0.3 is 6.03 Å². The normalized spacial score (nSPS) is 14.5. The van der Waals surface area contributed by atoms with Gasteiger partial charge in [0.05, 0.1) is 13.1 Å². The molecule has 0 unspecified atom stereocenters. The molecular formula is C21H24N4O4. The minimum Gasteiger partial charge on any atom is -0.351 e. The van der Waals surface area contributed by atoms with Crippen molar-refractivity contribution in [1.82, 2.24) is 16.0 Å². The number of carbonyl (C=O) groups is 4. The van der Waals surface area contributed by atoms with Crippen LogP contribution in [-0.4, -0.2) is 30.4 Å². The Hall–Kier alpha value is -3.68. The Morgan fingerprint density at radius 3 is 1.97 bits per heavy atom. The van der Waals surface area contributed by atoms with Crippen molar-refractivity contribution in [2.24, 2.45) is 5.73 Å². The van der Waals surface area contributed by atoms with Crippen LogP contribution in [0.2, 0.25) is 0 Å². The molecule has 1 fully saturated rings. The first-order chi connectivity index (χ1) is 13.9. The molecule has 8 nitrogen and oxygen atoms in total. The number of rotatable bonds is 4. The van der Waals surface area contributed by atoms with Crippen molar-refractivity contribution in [2.75, 3.05) is 6.67 Å². The Balaban J connectivity index is 0.000000212. The molecule has 0 saturated carbocycles. The van der Waals surface area contributed by atoms with E-state index in [2.05, 4.69) is 10.6 Å². The van der Waals surface area contributed by atoms with Crippen LogP contribution in [-0.2, 0) is 26.2 Å². The molecule has 8 heteroatoms. The molecular weight excluding hydrogens is 372 g/mol. The number of primary amides is 1. The Kier molecular flexibility index (Phi) is 7.47. The predicted molar refractivity (Wildman–Crippen MR) is 107 cm³/mol. The first kappa shape index (κ1) is 21.6. The van der Waals surface area contributed by atoms with Crippen LogP contribution in [0.5, 0.6) is 0 Å². The van der Waals surface area contributed by atoms with Crippen LogP contribution in [0.4, 0.5) is 4.79 Å². The zero-order valence-electron chi connectivity index (χ0n) is 16.1. The molecule has 0 aromatic heterocycles. The van der Waals surface area contributed by atoms with Crippen LogP contribution < -0.4 is 21.7 Å². The molecule has 152 valence electrons. The summed E-state index contributed by atoms with van der Waals surface area (Å²) in [4.78, 5) is 45.3. The number of nitrogens with two attached hydrogens (primary N) is 1. The molecule has 3 rings (SSSR count). The molecule has 5 N–H and O–H groups in total. The average molecular weight is 396 g/mol. The lowest BCUT2D eigenvalue weighted by atomic mass is 9.75. The number of carbonyl (C=O) groups excluding carboxylic acids is 4. The number of imide groups is 1. The lowest BCUT2D eigenvalue weighted by molar-refractivity contribution is -0.141. The van der Waals surface area contributed by atoms with E-state index in [1.807, 2.05) is 60.8 Å². The molecule has 1 aliphatic heterocycles. The van der Waals surface area contributed by atoms with Crippen molar-refractivity contribution >= 4 is 23.8 Å². The third-order valence-electron chi connectivity index (χ3n) is 4.54. The maximum absolute atomic E-state index is 12.0. The lowest BCUT2D eigenvalue weighted by Gasteiger charge is -2.34. The SMILES string of the molecule is CCC1(c2ccccc2)C(=O)NCNC1=O.NC(=O)NC(=O)Cc1ccccc1. The summed E-state index contributed by atoms with van der Waals surface area (Å²) in [5.74, 6) is -0.825. The zero-order chi connectivity index (χ0) is 21.3. The van der Waals surface area contributed by atoms with Gasteiger partial charge in [-0.05, 0) is 17.5 Å². The van der Waals surface area contributed by atoms with Crippen LogP contribution in [0.3, 0.4) is 0 Å². The molecule has 2 aromatic carbocycles. The van der Waals surface area contributed by atoms with E-state index in [4.69, 9.17) is 5.73 Å². The highest BCUT2D eigenvalue weighted by Gasteiger charge is 2.47. The van der Waals surface area contributed by atoms with Gasteiger partial charge < -0.3 is 16.4 Å². The monoisotopic (exact) mass is 396 g/mol. The number of urea groups is 1. The van der Waals surface area contributed by atoms with Crippen LogP contribution >= 0.6 is 0 Å². The fourth-order valence-electron chi connectivity index (χ4n) is 3.08. The molecule has 0 atom stereocenters. The first-order valence-electron chi connectivity index (χ1n) is 9.15. The molecule has 29 heavy (non-hydrogen) atoms. The first-order valence-corrected chi connectivity index (χ1v) is 9.15. The number of benzene rings is 2. The van der Waals surface area contributed by atoms with E-state index in [1.165, 1.54) is 0 Å². The molecule has 2 aromatic rings. The van der Waals surface area contributed by atoms with Crippen molar-refractivity contribution in [3.8, 4) is 0 Å². The minimum absolute atomic E-state index is 0.170. The summed E-state index contributed by atoms with van der Waals surface area (Å²) >= 11 is 0. The summed E-state index contributed by atoms with van der Waals surface area (Å²) < 4.78 is 0. The fraction of sp³-hybridized carbons (Fsp3) is 0.238. The van der Waals surface area contributed by atoms with Gasteiger partial charge in [-0.1, -0.05) is 67.6 Å². The highest BCUT2D eigenvalue weighted by atomic mass is 16.2. The van der Waals surface area contributed by atoms with Gasteiger partial charge in [-0.15, -0.1) is 0 Å². The third-order valence-corrected chi connectivity index (χ3v) is 4.54. The van der Waals surface area contributed by atoms with Gasteiger partial charge in [-0.3, -0.25) is 19.7 Å². The Morgan fingerprint density at radius 2 is 1.48 bits per heavy atom. The maximum Gasteiger partial charge on any atom is 0.318 e. The smallest absolute Gasteiger partial charge is 0.318 e. The van der Waals surface area contributed by atoms with Gasteiger partial charge in [0.1, 0.15) is 0 Å². The van der Waals surface area contributed by atoms with Gasteiger partial charge in [-0.2, -0.15) is 0 Å². The summed E-state index contributed by atoms with van der Waals surface area (Å²) in [6.45, 7) is 2.06. The third kappa shape index (κ3) is 5.41. The summed E-state index contributed by atoms with van der Waals surface area (Å²) in [5, 5.41) is 7.35. The second kappa shape index (κ2) is 10.0. The summed E-state index contributed by atoms with van der Waals surface area (Å²) in [7, 11) is 0. The van der Waals surface area contributed by atoms with Crippen molar-refractivity contribution < 1.29 is 19.2 Å². The maximum atomic E-state index is 12.0. The molecule has 0 spiro atoms. The Bertz CT molecular complexity index is 853. The second-order valence-electron chi connectivity index (χ2n) is 6.39. The molecule has 1 saturated heterocycles. The van der Waals surface area contributed by atoms with Crippen molar-refractivity contribution in [2.45, 2.75) is 25.2 Å². The van der Waals surface area contributed by atoms with Crippen LogP contribution in [0.15, 0.2) is 60.7 Å². The lowest BCUT2D eigenvalue weighted by Crippen LogP contribution is -2.62. The van der Waals surface area contributed by atoms with Gasteiger partial charge in [0.15, 0.2) is 5.41 Å². The molecule has 1 aliphatic rings. The van der Waals surface area contributed by atoms with Crippen molar-refractivity contribution in [3.05, 3.63) is 71.8 Å². The summed E-state index contributed by atoms with van der Waals surface area (Å²) in [5.41, 5.74) is 5.30. The van der Waals surface area contributed by atoms with E-state index in [0.717, 1.165) is 11.1 Å². The van der Waals surface area contributed by atoms with E-state index in [1.54, 1.807) is 12.1 Å². The standard InChI is InChI=1S/C12H14N2O2.C9H10N2O2/c1-2-12(9-6-4-3-5-7-9)10(15)13-8-14-11(12)16;10-9(13)11-8(12)6-7-4-2-1-3-5-7/h3-7H,2,8H2,1H3,(H,13,15)(H,14,16);1-5H,6H2,(H3,10,11,12,13). The van der Waals surface area contributed by atoms with E-state index >= 15 is 0 Å². The van der Waals surface area contributed by atoms with E-state index in [9.17, 15) is 19.2 Å². The van der Waals surface area contributed by atoms with E-state index in [0.29, 0.717) is 6.42 Å². The Labute approximate surface area is 168 Å². The largest absolute Gasteiger partial charge is 0.351 e. The predicted octanol–water partition coefficient (Wildman–Crippen LogP) is 0.962. The molecule has 1 heterocycles. The van der Waals surface area contributed by atoms with Gasteiger partial charge in [0.25, 0.3) is 0 Å². The quantitative estimate of drug-likeness (QED) is 0.574. The van der Waals surface area contributed by atoms with Gasteiger partial charge in [-0.25, -0.2) is 4.79 Å². The zero-order valence-corrected chi connectivity index (χ0v) is 16.1. The number of hydrogen-bond acceptors (Lipinski definition) is 4. The number of nitrogens with one attached hydrogen (secondary N) is 3. The van der Waals surface area contributed by atoms with Gasteiger partial charge in [0.2, 0.25) is 17.7 Å². The van der Waals surface area contributed by atoms with E-state index in [-0.39, 0.29) is 24.9 Å². The second-order valence-corrected chi connectivity index (χ2v) is 6.39. The molecule has 0 bridgehead atoms. The van der Waals surface area contributed by atoms with Crippen molar-refractivity contribution in [3.63, 3.8) is 0 Å². The topological polar surface area (TPSA) is 130 Å². The average Bonchev–Trinajstić information content (AvgIpc) is 2.70. The number of hydrogen-bond donors (Lipinski definition) is 4. The van der Waals surface area contributed by atoms with Crippen LogP contribution in [0.25, 0.3) is 0 Å². The van der Waals surface area contributed by atoms with Gasteiger partial charge in [0, 0.05) is 0 Å². The van der Waals surface area contributed by atoms with E-state index < -0.39 is 17.4 Å². The summed E-state index contributed by atoms with van der Waals surface area (Å²) in [6.07, 6.45) is 0.623. The summed E-state index contributed by atoms with van der Waals surface area (Å²) in [6, 6.07) is 17.5. The molecule has 0 radical (unpaired) electrons.